The largest absolute Gasteiger partial charge is 0.466 e. The second kappa shape index (κ2) is 9.64. The van der Waals surface area contributed by atoms with Gasteiger partial charge in [0.1, 0.15) is 0 Å². The first kappa shape index (κ1) is 21.0. The Kier molecular flexibility index (Phi) is 7.22. The molecule has 0 aromatic heterocycles. The van der Waals surface area contributed by atoms with E-state index in [1.54, 1.807) is 0 Å². The van der Waals surface area contributed by atoms with Crippen LogP contribution in [0, 0.1) is 11.8 Å². The van der Waals surface area contributed by atoms with E-state index in [2.05, 4.69) is 36.9 Å². The maximum Gasteiger partial charge on any atom is 0.306 e. The number of esters is 1. The van der Waals surface area contributed by atoms with E-state index in [1.807, 2.05) is 6.92 Å². The number of carbonyl (C=O) groups is 1. The fourth-order valence-corrected chi connectivity index (χ4v) is 4.35. The Bertz CT molecular complexity index is 651. The molecule has 1 saturated heterocycles. The molecule has 156 valence electrons. The van der Waals surface area contributed by atoms with Gasteiger partial charge in [0.05, 0.1) is 24.4 Å². The van der Waals surface area contributed by atoms with E-state index in [-0.39, 0.29) is 11.9 Å². The van der Waals surface area contributed by atoms with Crippen molar-refractivity contribution in [2.24, 2.45) is 11.8 Å². The van der Waals surface area contributed by atoms with Gasteiger partial charge >= 0.3 is 5.97 Å². The van der Waals surface area contributed by atoms with Crippen molar-refractivity contribution in [2.75, 3.05) is 37.0 Å². The summed E-state index contributed by atoms with van der Waals surface area (Å²) in [7, 11) is 0. The van der Waals surface area contributed by atoms with Crippen LogP contribution in [0.15, 0.2) is 18.2 Å². The Morgan fingerprint density at radius 3 is 2.54 bits per heavy atom. The number of benzene rings is 1. The van der Waals surface area contributed by atoms with E-state index in [9.17, 15) is 4.79 Å². The van der Waals surface area contributed by atoms with Gasteiger partial charge < -0.3 is 20.1 Å². The summed E-state index contributed by atoms with van der Waals surface area (Å²) in [5.74, 6) is 1.25. The predicted molar refractivity (Wildman–Crippen MR) is 114 cm³/mol. The molecular weight excluding hydrogens is 352 g/mol. The maximum absolute atomic E-state index is 12.1. The van der Waals surface area contributed by atoms with Crippen LogP contribution < -0.4 is 10.6 Å². The third-order valence-corrected chi connectivity index (χ3v) is 5.87. The van der Waals surface area contributed by atoms with Crippen LogP contribution in [0.2, 0.25) is 0 Å². The van der Waals surface area contributed by atoms with E-state index in [0.29, 0.717) is 30.9 Å². The molecule has 2 fully saturated rings. The Morgan fingerprint density at radius 1 is 1.25 bits per heavy atom. The van der Waals surface area contributed by atoms with Gasteiger partial charge in [0.25, 0.3) is 0 Å². The zero-order valence-corrected chi connectivity index (χ0v) is 17.7. The predicted octanol–water partition coefficient (Wildman–Crippen LogP) is 4.36. The number of ether oxygens (including phenoxy) is 2. The number of hydrogen-bond acceptors (Lipinski definition) is 5. The van der Waals surface area contributed by atoms with Crippen LogP contribution in [0.5, 0.6) is 0 Å². The first-order chi connectivity index (χ1) is 13.5. The molecule has 1 aliphatic carbocycles. The van der Waals surface area contributed by atoms with Gasteiger partial charge in [0.2, 0.25) is 0 Å². The highest BCUT2D eigenvalue weighted by Crippen LogP contribution is 2.46. The molecule has 1 aromatic rings. The van der Waals surface area contributed by atoms with Gasteiger partial charge in [-0.05, 0) is 68.1 Å². The second-order valence-corrected chi connectivity index (χ2v) is 8.66. The quantitative estimate of drug-likeness (QED) is 0.503. The van der Waals surface area contributed by atoms with E-state index in [4.69, 9.17) is 15.2 Å². The zero-order chi connectivity index (χ0) is 20.1. The number of nitrogens with two attached hydrogens (primary N) is 1. The molecule has 3 rings (SSSR count). The highest BCUT2D eigenvalue weighted by atomic mass is 16.5. The number of hydrogen-bond donors (Lipinski definition) is 1. The average molecular weight is 389 g/mol. The van der Waals surface area contributed by atoms with Crippen LogP contribution in [0.25, 0.3) is 0 Å². The van der Waals surface area contributed by atoms with Crippen molar-refractivity contribution >= 4 is 17.3 Å². The Hall–Kier alpha value is -1.75. The van der Waals surface area contributed by atoms with Crippen molar-refractivity contribution < 1.29 is 14.3 Å². The summed E-state index contributed by atoms with van der Waals surface area (Å²) in [6.45, 7) is 9.42. The van der Waals surface area contributed by atoms with Gasteiger partial charge in [-0.2, -0.15) is 0 Å². The topological polar surface area (TPSA) is 64.8 Å². The van der Waals surface area contributed by atoms with Crippen LogP contribution in [0.4, 0.5) is 11.4 Å². The summed E-state index contributed by atoms with van der Waals surface area (Å²) >= 11 is 0. The molecule has 1 atom stereocenters. The molecule has 5 nitrogen and oxygen atoms in total. The molecule has 0 amide bonds. The van der Waals surface area contributed by atoms with E-state index in [1.165, 1.54) is 18.4 Å². The molecule has 0 bridgehead atoms. The molecule has 0 spiro atoms. The van der Waals surface area contributed by atoms with Gasteiger partial charge in [-0.1, -0.05) is 19.9 Å². The van der Waals surface area contributed by atoms with Gasteiger partial charge in [-0.25, -0.2) is 0 Å². The summed E-state index contributed by atoms with van der Waals surface area (Å²) in [5.41, 5.74) is 9.68. The first-order valence-electron chi connectivity index (χ1n) is 10.9. The summed E-state index contributed by atoms with van der Waals surface area (Å²) in [5, 5.41) is 0. The van der Waals surface area contributed by atoms with Crippen LogP contribution in [0.1, 0.15) is 64.4 Å². The smallest absolute Gasteiger partial charge is 0.306 e. The van der Waals surface area contributed by atoms with E-state index in [0.717, 1.165) is 44.0 Å². The molecule has 1 saturated carbocycles. The molecular formula is C23H36N2O3. The van der Waals surface area contributed by atoms with Crippen molar-refractivity contribution in [1.29, 1.82) is 0 Å². The highest BCUT2D eigenvalue weighted by Gasteiger charge is 2.34. The number of anilines is 2. The fraction of sp³-hybridized carbons (Fsp3) is 0.696. The van der Waals surface area contributed by atoms with Crippen molar-refractivity contribution in [3.63, 3.8) is 0 Å². The second-order valence-electron chi connectivity index (χ2n) is 8.66. The van der Waals surface area contributed by atoms with Gasteiger partial charge in [0.15, 0.2) is 0 Å². The lowest BCUT2D eigenvalue weighted by molar-refractivity contribution is -0.143. The normalized spacial score (nSPS) is 18.9. The van der Waals surface area contributed by atoms with Crippen LogP contribution in [-0.4, -0.2) is 38.4 Å². The molecule has 1 aliphatic heterocycles. The molecule has 2 N–H and O–H groups in total. The van der Waals surface area contributed by atoms with E-state index < -0.39 is 0 Å². The minimum absolute atomic E-state index is 0.106. The zero-order valence-electron chi connectivity index (χ0n) is 17.7. The lowest BCUT2D eigenvalue weighted by atomic mass is 9.90. The van der Waals surface area contributed by atoms with Crippen LogP contribution in [-0.2, 0) is 14.3 Å². The number of nitrogen functional groups attached to an aromatic ring is 1. The van der Waals surface area contributed by atoms with Crippen LogP contribution >= 0.6 is 0 Å². The molecule has 1 aromatic carbocycles. The average Bonchev–Trinajstić information content (AvgIpc) is 3.50. The first-order valence-corrected chi connectivity index (χ1v) is 10.9. The van der Waals surface area contributed by atoms with Crippen molar-refractivity contribution in [1.82, 2.24) is 0 Å². The molecule has 1 unspecified atom stereocenters. The summed E-state index contributed by atoms with van der Waals surface area (Å²) in [6, 6.07) is 6.93. The summed E-state index contributed by atoms with van der Waals surface area (Å²) in [6.07, 6.45) is 4.91. The highest BCUT2D eigenvalue weighted by molar-refractivity contribution is 5.72. The third kappa shape index (κ3) is 5.40. The van der Waals surface area contributed by atoms with Gasteiger partial charge in [0, 0.05) is 25.8 Å². The lowest BCUT2D eigenvalue weighted by Crippen LogP contribution is -2.42. The molecule has 1 heterocycles. The fourth-order valence-electron chi connectivity index (χ4n) is 4.35. The van der Waals surface area contributed by atoms with Gasteiger partial charge in [-0.3, -0.25) is 4.79 Å². The minimum atomic E-state index is -0.106. The molecule has 0 radical (unpaired) electrons. The summed E-state index contributed by atoms with van der Waals surface area (Å²) < 4.78 is 10.8. The SMILES string of the molecule is CCOC(=O)CC(c1ccc(N(CC(C)C)C2CCOCC2)c(N)c1)C1CC1. The summed E-state index contributed by atoms with van der Waals surface area (Å²) in [4.78, 5) is 14.5. The van der Waals surface area contributed by atoms with Gasteiger partial charge in [-0.15, -0.1) is 0 Å². The number of rotatable bonds is 9. The molecule has 2 aliphatic rings. The number of carbonyl (C=O) groups excluding carboxylic acids is 1. The third-order valence-electron chi connectivity index (χ3n) is 5.87. The van der Waals surface area contributed by atoms with Crippen molar-refractivity contribution in [2.45, 2.75) is 64.8 Å². The van der Waals surface area contributed by atoms with Crippen LogP contribution in [0.3, 0.4) is 0 Å². The maximum atomic E-state index is 12.1. The Labute approximate surface area is 169 Å². The standard InChI is InChI=1S/C23H36N2O3/c1-4-28-23(26)14-20(17-5-6-17)18-7-8-22(21(24)13-18)25(15-16(2)3)19-9-11-27-12-10-19/h7-8,13,16-17,19-20H,4-6,9-12,14-15,24H2,1-3H3. The lowest BCUT2D eigenvalue weighted by Gasteiger charge is -2.38. The minimum Gasteiger partial charge on any atom is -0.466 e. The Morgan fingerprint density at radius 2 is 1.96 bits per heavy atom. The number of nitrogens with zero attached hydrogens (tertiary/aromatic N) is 1. The molecule has 5 heteroatoms. The van der Waals surface area contributed by atoms with E-state index >= 15 is 0 Å². The Balaban J connectivity index is 1.81. The van der Waals surface area contributed by atoms with Crippen molar-refractivity contribution in [3.05, 3.63) is 23.8 Å². The monoisotopic (exact) mass is 388 g/mol. The molecule has 28 heavy (non-hydrogen) atoms. The van der Waals surface area contributed by atoms with Crippen molar-refractivity contribution in [3.8, 4) is 0 Å².